The number of thioether (sulfide) groups is 1. The first-order chi connectivity index (χ1) is 16.6. The largest absolute Gasteiger partial charge is 0.447 e. The van der Waals surface area contributed by atoms with Gasteiger partial charge in [-0.2, -0.15) is 0 Å². The molecule has 34 heavy (non-hydrogen) atoms. The molecule has 8 heteroatoms. The molecule has 2 aliphatic rings. The van der Waals surface area contributed by atoms with Crippen LogP contribution in [0.1, 0.15) is 48.0 Å². The highest BCUT2D eigenvalue weighted by atomic mass is 32.2. The molecule has 0 atom stereocenters. The number of anilines is 1. The van der Waals surface area contributed by atoms with Crippen molar-refractivity contribution in [2.24, 2.45) is 5.92 Å². The lowest BCUT2D eigenvalue weighted by Gasteiger charge is -2.21. The first-order valence-corrected chi connectivity index (χ1v) is 12.9. The zero-order valence-electron chi connectivity index (χ0n) is 19.3. The van der Waals surface area contributed by atoms with Crippen molar-refractivity contribution in [1.29, 1.82) is 0 Å². The number of carbonyl (C=O) groups excluding carboxylic acids is 3. The predicted molar refractivity (Wildman–Crippen MR) is 133 cm³/mol. The fourth-order valence-electron chi connectivity index (χ4n) is 4.36. The number of benzene rings is 2. The van der Waals surface area contributed by atoms with Crippen molar-refractivity contribution in [3.8, 4) is 0 Å². The number of nitrogens with zero attached hydrogens (tertiary/aromatic N) is 1. The summed E-state index contributed by atoms with van der Waals surface area (Å²) in [5.41, 5.74) is 2.19. The van der Waals surface area contributed by atoms with Crippen LogP contribution in [0.5, 0.6) is 0 Å². The van der Waals surface area contributed by atoms with E-state index in [9.17, 15) is 14.4 Å². The summed E-state index contributed by atoms with van der Waals surface area (Å²) in [6, 6.07) is 14.8. The number of nitrogens with one attached hydrogen (secondary N) is 2. The van der Waals surface area contributed by atoms with Crippen LogP contribution in [0.2, 0.25) is 0 Å². The Bertz CT molecular complexity index is 1020. The standard InChI is InChI=1S/C26H31N3O4S/c30-24(27-16-19-7-2-1-3-8-19)18-34-23-12-5-4-11-22(23)25(31)28-17-20-9-6-10-21(15-20)29-13-14-33-26(29)32/h4-6,9-12,15,19H,1-3,7-8,13-14,16-18H2,(H,27,30)(H,28,31). The minimum Gasteiger partial charge on any atom is -0.447 e. The number of rotatable bonds is 9. The van der Waals surface area contributed by atoms with Gasteiger partial charge in [0.2, 0.25) is 5.91 Å². The van der Waals surface area contributed by atoms with Crippen molar-refractivity contribution in [3.05, 3.63) is 59.7 Å². The van der Waals surface area contributed by atoms with Crippen LogP contribution in [0.15, 0.2) is 53.4 Å². The third-order valence-corrected chi connectivity index (χ3v) is 7.31. The van der Waals surface area contributed by atoms with Gasteiger partial charge >= 0.3 is 6.09 Å². The highest BCUT2D eigenvalue weighted by Gasteiger charge is 2.23. The minimum atomic E-state index is -0.352. The monoisotopic (exact) mass is 481 g/mol. The maximum absolute atomic E-state index is 12.9. The van der Waals surface area contributed by atoms with Crippen molar-refractivity contribution in [3.63, 3.8) is 0 Å². The van der Waals surface area contributed by atoms with Crippen LogP contribution in [-0.4, -0.2) is 43.4 Å². The van der Waals surface area contributed by atoms with Crippen molar-refractivity contribution in [2.75, 3.05) is 30.3 Å². The number of hydrogen-bond donors (Lipinski definition) is 2. The molecule has 1 heterocycles. The summed E-state index contributed by atoms with van der Waals surface area (Å²) >= 11 is 1.38. The van der Waals surface area contributed by atoms with Gasteiger partial charge in [0.1, 0.15) is 6.61 Å². The molecule has 7 nitrogen and oxygen atoms in total. The van der Waals surface area contributed by atoms with Crippen molar-refractivity contribution in [1.82, 2.24) is 10.6 Å². The average molecular weight is 482 g/mol. The van der Waals surface area contributed by atoms with Gasteiger partial charge in [-0.05, 0) is 48.6 Å². The number of carbonyl (C=O) groups is 3. The Kier molecular flexibility index (Phi) is 8.46. The summed E-state index contributed by atoms with van der Waals surface area (Å²) in [5.74, 6) is 0.681. The molecule has 0 bridgehead atoms. The summed E-state index contributed by atoms with van der Waals surface area (Å²) in [4.78, 5) is 39.4. The molecule has 1 aliphatic carbocycles. The summed E-state index contributed by atoms with van der Waals surface area (Å²) in [6.45, 7) is 1.98. The van der Waals surface area contributed by atoms with Crippen molar-refractivity contribution in [2.45, 2.75) is 43.5 Å². The molecular formula is C26H31N3O4S. The molecule has 2 N–H and O–H groups in total. The van der Waals surface area contributed by atoms with Gasteiger partial charge in [-0.3, -0.25) is 14.5 Å². The Balaban J connectivity index is 1.29. The maximum Gasteiger partial charge on any atom is 0.414 e. The molecule has 0 radical (unpaired) electrons. The van der Waals surface area contributed by atoms with Crippen LogP contribution in [0.25, 0.3) is 0 Å². The first kappa shape index (κ1) is 24.1. The Morgan fingerprint density at radius 2 is 1.85 bits per heavy atom. The topological polar surface area (TPSA) is 87.7 Å². The van der Waals surface area contributed by atoms with Gasteiger partial charge in [-0.15, -0.1) is 11.8 Å². The van der Waals surface area contributed by atoms with Gasteiger partial charge in [0.05, 0.1) is 17.9 Å². The Labute approximate surface area is 204 Å². The van der Waals surface area contributed by atoms with E-state index in [-0.39, 0.29) is 23.7 Å². The molecule has 1 saturated heterocycles. The SMILES string of the molecule is O=C(CSc1ccccc1C(=O)NCc1cccc(N2CCOC2=O)c1)NCC1CCCCC1. The van der Waals surface area contributed by atoms with Crippen LogP contribution in [-0.2, 0) is 16.1 Å². The lowest BCUT2D eigenvalue weighted by Crippen LogP contribution is -2.31. The van der Waals surface area contributed by atoms with Gasteiger partial charge < -0.3 is 15.4 Å². The van der Waals surface area contributed by atoms with E-state index >= 15 is 0 Å². The summed E-state index contributed by atoms with van der Waals surface area (Å²) < 4.78 is 5.00. The maximum atomic E-state index is 12.9. The molecule has 180 valence electrons. The van der Waals surface area contributed by atoms with E-state index in [1.807, 2.05) is 42.5 Å². The molecule has 0 unspecified atom stereocenters. The van der Waals surface area contributed by atoms with Crippen LogP contribution < -0.4 is 15.5 Å². The second-order valence-corrected chi connectivity index (χ2v) is 9.73. The van der Waals surface area contributed by atoms with E-state index in [0.29, 0.717) is 31.2 Å². The Morgan fingerprint density at radius 1 is 1.03 bits per heavy atom. The second-order valence-electron chi connectivity index (χ2n) is 8.71. The van der Waals surface area contributed by atoms with Crippen LogP contribution in [0.4, 0.5) is 10.5 Å². The lowest BCUT2D eigenvalue weighted by molar-refractivity contribution is -0.118. The predicted octanol–water partition coefficient (Wildman–Crippen LogP) is 4.36. The molecule has 0 aromatic heterocycles. The average Bonchev–Trinajstić information content (AvgIpc) is 3.31. The van der Waals surface area contributed by atoms with Crippen LogP contribution in [0, 0.1) is 5.92 Å². The van der Waals surface area contributed by atoms with E-state index in [1.54, 1.807) is 11.0 Å². The number of hydrogen-bond acceptors (Lipinski definition) is 5. The first-order valence-electron chi connectivity index (χ1n) is 11.9. The van der Waals surface area contributed by atoms with Gasteiger partial charge in [0.15, 0.2) is 0 Å². The van der Waals surface area contributed by atoms with Crippen LogP contribution in [0.3, 0.4) is 0 Å². The molecule has 2 aromatic carbocycles. The van der Waals surface area contributed by atoms with E-state index < -0.39 is 0 Å². The zero-order valence-corrected chi connectivity index (χ0v) is 20.1. The highest BCUT2D eigenvalue weighted by molar-refractivity contribution is 8.00. The third kappa shape index (κ3) is 6.53. The molecule has 4 rings (SSSR count). The van der Waals surface area contributed by atoms with Gasteiger partial charge in [-0.1, -0.05) is 43.5 Å². The normalized spacial score (nSPS) is 16.2. The van der Waals surface area contributed by atoms with Crippen LogP contribution >= 0.6 is 11.8 Å². The number of cyclic esters (lactones) is 1. The quantitative estimate of drug-likeness (QED) is 0.520. The fraction of sp³-hybridized carbons (Fsp3) is 0.423. The highest BCUT2D eigenvalue weighted by Crippen LogP contribution is 2.25. The summed E-state index contributed by atoms with van der Waals surface area (Å²) in [5, 5.41) is 6.01. The smallest absolute Gasteiger partial charge is 0.414 e. The Hall–Kier alpha value is -3.00. The minimum absolute atomic E-state index is 0.00281. The molecule has 2 aromatic rings. The van der Waals surface area contributed by atoms with Crippen molar-refractivity contribution < 1.29 is 19.1 Å². The van der Waals surface area contributed by atoms with Gasteiger partial charge in [0.25, 0.3) is 5.91 Å². The van der Waals surface area contributed by atoms with E-state index in [1.165, 1.54) is 43.9 Å². The molecule has 2 fully saturated rings. The molecule has 3 amide bonds. The Morgan fingerprint density at radius 3 is 2.65 bits per heavy atom. The fourth-order valence-corrected chi connectivity index (χ4v) is 5.24. The second kappa shape index (κ2) is 11.9. The van der Waals surface area contributed by atoms with E-state index in [0.717, 1.165) is 22.7 Å². The molecular weight excluding hydrogens is 450 g/mol. The van der Waals surface area contributed by atoms with Gasteiger partial charge in [-0.25, -0.2) is 4.79 Å². The molecule has 1 saturated carbocycles. The molecule has 1 aliphatic heterocycles. The lowest BCUT2D eigenvalue weighted by atomic mass is 9.89. The third-order valence-electron chi connectivity index (χ3n) is 6.24. The van der Waals surface area contributed by atoms with E-state index in [2.05, 4.69) is 10.6 Å². The zero-order chi connectivity index (χ0) is 23.8. The number of ether oxygens (including phenoxy) is 1. The molecule has 0 spiro atoms. The summed E-state index contributed by atoms with van der Waals surface area (Å²) in [6.07, 6.45) is 5.86. The van der Waals surface area contributed by atoms with E-state index in [4.69, 9.17) is 4.74 Å². The van der Waals surface area contributed by atoms with Gasteiger partial charge in [0, 0.05) is 23.7 Å². The van der Waals surface area contributed by atoms with Crippen molar-refractivity contribution >= 4 is 35.4 Å². The number of amides is 3. The summed E-state index contributed by atoms with van der Waals surface area (Å²) in [7, 11) is 0.